The summed E-state index contributed by atoms with van der Waals surface area (Å²) in [6, 6.07) is 9.08. The number of carbonyl (C=O) groups is 1. The predicted octanol–water partition coefficient (Wildman–Crippen LogP) is 4.21. The number of hydrogen-bond donors (Lipinski definition) is 2. The molecule has 4 nitrogen and oxygen atoms in total. The monoisotopic (exact) mass is 411 g/mol. The Kier molecular flexibility index (Phi) is 6.96. The second-order valence-corrected chi connectivity index (χ2v) is 8.07. The van der Waals surface area contributed by atoms with Crippen molar-refractivity contribution in [3.8, 4) is 0 Å². The molecule has 0 atom stereocenters. The van der Waals surface area contributed by atoms with Gasteiger partial charge in [0.1, 0.15) is 0 Å². The van der Waals surface area contributed by atoms with Crippen molar-refractivity contribution in [2.24, 2.45) is 5.92 Å². The van der Waals surface area contributed by atoms with Crippen LogP contribution in [-0.4, -0.2) is 37.0 Å². The van der Waals surface area contributed by atoms with E-state index in [1.54, 1.807) is 11.3 Å². The van der Waals surface area contributed by atoms with E-state index in [1.165, 1.54) is 17.0 Å². The van der Waals surface area contributed by atoms with Crippen LogP contribution >= 0.6 is 11.3 Å². The van der Waals surface area contributed by atoms with Crippen LogP contribution in [0.3, 0.4) is 0 Å². The van der Waals surface area contributed by atoms with Gasteiger partial charge in [-0.25, -0.2) is 0 Å². The van der Waals surface area contributed by atoms with Crippen LogP contribution in [0.15, 0.2) is 41.8 Å². The van der Waals surface area contributed by atoms with Crippen LogP contribution in [0.5, 0.6) is 0 Å². The number of alkyl halides is 3. The summed E-state index contributed by atoms with van der Waals surface area (Å²) in [7, 11) is 0. The lowest BCUT2D eigenvalue weighted by Gasteiger charge is -2.31. The largest absolute Gasteiger partial charge is 0.416 e. The minimum Gasteiger partial charge on any atom is -0.376 e. The van der Waals surface area contributed by atoms with Crippen molar-refractivity contribution < 1.29 is 18.0 Å². The molecule has 8 heteroatoms. The minimum atomic E-state index is -4.39. The first-order valence-electron chi connectivity index (χ1n) is 9.33. The molecule has 2 aromatic rings. The highest BCUT2D eigenvalue weighted by atomic mass is 32.1. The number of piperidine rings is 1. The van der Waals surface area contributed by atoms with E-state index in [-0.39, 0.29) is 18.1 Å². The zero-order chi connectivity index (χ0) is 20.0. The van der Waals surface area contributed by atoms with E-state index in [4.69, 9.17) is 0 Å². The van der Waals surface area contributed by atoms with Gasteiger partial charge in [-0.15, -0.1) is 11.3 Å². The van der Waals surface area contributed by atoms with E-state index in [2.05, 4.69) is 33.0 Å². The molecular weight excluding hydrogens is 387 g/mol. The van der Waals surface area contributed by atoms with E-state index in [9.17, 15) is 18.0 Å². The molecule has 3 rings (SSSR count). The first-order valence-corrected chi connectivity index (χ1v) is 10.2. The second kappa shape index (κ2) is 9.43. The molecule has 1 aliphatic rings. The Morgan fingerprint density at radius 3 is 2.64 bits per heavy atom. The number of amides is 1. The number of nitrogens with zero attached hydrogens (tertiary/aromatic N) is 1. The fourth-order valence-corrected chi connectivity index (χ4v) is 4.03. The van der Waals surface area contributed by atoms with E-state index in [1.807, 2.05) is 0 Å². The average Bonchev–Trinajstić information content (AvgIpc) is 3.18. The molecule has 1 saturated heterocycles. The maximum absolute atomic E-state index is 12.7. The number of nitrogens with one attached hydrogen (secondary N) is 2. The fraction of sp³-hybridized carbons (Fsp3) is 0.450. The first-order chi connectivity index (χ1) is 13.4. The zero-order valence-electron chi connectivity index (χ0n) is 15.5. The molecule has 1 amide bonds. The van der Waals surface area contributed by atoms with Gasteiger partial charge in [0.15, 0.2) is 0 Å². The van der Waals surface area contributed by atoms with Crippen molar-refractivity contribution in [1.82, 2.24) is 10.2 Å². The summed E-state index contributed by atoms with van der Waals surface area (Å²) >= 11 is 1.77. The summed E-state index contributed by atoms with van der Waals surface area (Å²) in [5, 5.41) is 7.73. The van der Waals surface area contributed by atoms with E-state index < -0.39 is 11.7 Å². The van der Waals surface area contributed by atoms with Crippen LogP contribution in [0.4, 0.5) is 18.9 Å². The number of carbonyl (C=O) groups excluding carboxylic acids is 1. The van der Waals surface area contributed by atoms with Gasteiger partial charge in [-0.3, -0.25) is 9.69 Å². The number of hydrogen-bond acceptors (Lipinski definition) is 4. The summed E-state index contributed by atoms with van der Waals surface area (Å²) in [6.07, 6.45) is -2.32. The molecule has 1 aliphatic heterocycles. The van der Waals surface area contributed by atoms with Crippen molar-refractivity contribution in [1.29, 1.82) is 0 Å². The third-order valence-electron chi connectivity index (χ3n) is 4.90. The molecule has 2 N–H and O–H groups in total. The molecule has 152 valence electrons. The van der Waals surface area contributed by atoms with Crippen LogP contribution in [0.25, 0.3) is 0 Å². The van der Waals surface area contributed by atoms with Crippen molar-refractivity contribution >= 4 is 22.9 Å². The zero-order valence-corrected chi connectivity index (χ0v) is 16.3. The van der Waals surface area contributed by atoms with Crippen molar-refractivity contribution in [3.63, 3.8) is 0 Å². The Labute approximate surface area is 166 Å². The number of halogens is 3. The van der Waals surface area contributed by atoms with Crippen LogP contribution in [0, 0.1) is 5.92 Å². The van der Waals surface area contributed by atoms with Gasteiger partial charge in [-0.2, -0.15) is 13.2 Å². The van der Waals surface area contributed by atoms with E-state index in [0.29, 0.717) is 12.5 Å². The Bertz CT molecular complexity index is 756. The average molecular weight is 411 g/mol. The van der Waals surface area contributed by atoms with Crippen molar-refractivity contribution in [2.45, 2.75) is 25.6 Å². The van der Waals surface area contributed by atoms with Crippen LogP contribution in [-0.2, 0) is 17.5 Å². The topological polar surface area (TPSA) is 44.4 Å². The Hall–Kier alpha value is -2.06. The number of likely N-dealkylation sites (tertiary alicyclic amines) is 1. The smallest absolute Gasteiger partial charge is 0.376 e. The summed E-state index contributed by atoms with van der Waals surface area (Å²) in [5.41, 5.74) is -0.445. The number of rotatable bonds is 7. The molecule has 0 spiro atoms. The number of thiophene rings is 1. The van der Waals surface area contributed by atoms with Gasteiger partial charge < -0.3 is 10.6 Å². The Morgan fingerprint density at radius 1 is 1.18 bits per heavy atom. The maximum Gasteiger partial charge on any atom is 0.416 e. The first kappa shape index (κ1) is 20.7. The number of anilines is 1. The highest BCUT2D eigenvalue weighted by molar-refractivity contribution is 7.09. The highest BCUT2D eigenvalue weighted by Crippen LogP contribution is 2.30. The normalized spacial score (nSPS) is 16.1. The van der Waals surface area contributed by atoms with E-state index in [0.717, 1.165) is 44.6 Å². The standard InChI is InChI=1S/C20H24F3N3OS/c21-20(22,23)16-3-1-4-17(11-16)24-13-19(27)25-12-15-6-8-26(9-7-15)14-18-5-2-10-28-18/h1-5,10-11,15,24H,6-9,12-14H2,(H,25,27). The third-order valence-corrected chi connectivity index (χ3v) is 5.76. The quantitative estimate of drug-likeness (QED) is 0.718. The number of benzene rings is 1. The van der Waals surface area contributed by atoms with Crippen LogP contribution in [0.2, 0.25) is 0 Å². The molecule has 1 aromatic heterocycles. The molecule has 1 fully saturated rings. The van der Waals surface area contributed by atoms with Gasteiger partial charge in [-0.1, -0.05) is 12.1 Å². The maximum atomic E-state index is 12.7. The third kappa shape index (κ3) is 6.24. The lowest BCUT2D eigenvalue weighted by molar-refractivity contribution is -0.137. The minimum absolute atomic E-state index is 0.0431. The van der Waals surface area contributed by atoms with Crippen LogP contribution in [0.1, 0.15) is 23.3 Å². The molecule has 2 heterocycles. The molecular formula is C20H24F3N3OS. The van der Waals surface area contributed by atoms with Gasteiger partial charge in [0.2, 0.25) is 5.91 Å². The Morgan fingerprint density at radius 2 is 1.96 bits per heavy atom. The SMILES string of the molecule is O=C(CNc1cccc(C(F)(F)F)c1)NCC1CCN(Cc2cccs2)CC1. The molecule has 28 heavy (non-hydrogen) atoms. The van der Waals surface area contributed by atoms with Gasteiger partial charge >= 0.3 is 6.18 Å². The van der Waals surface area contributed by atoms with Gasteiger partial charge in [0.05, 0.1) is 12.1 Å². The van der Waals surface area contributed by atoms with Crippen molar-refractivity contribution in [2.75, 3.05) is 31.5 Å². The summed E-state index contributed by atoms with van der Waals surface area (Å²) in [5.74, 6) is 0.232. The van der Waals surface area contributed by atoms with Gasteiger partial charge in [0, 0.05) is 23.7 Å². The summed E-state index contributed by atoms with van der Waals surface area (Å²) in [6.45, 7) is 3.58. The Balaban J connectivity index is 1.35. The van der Waals surface area contributed by atoms with Gasteiger partial charge in [0.25, 0.3) is 0 Å². The van der Waals surface area contributed by atoms with E-state index >= 15 is 0 Å². The molecule has 0 unspecified atom stereocenters. The summed E-state index contributed by atoms with van der Waals surface area (Å²) in [4.78, 5) is 15.8. The highest BCUT2D eigenvalue weighted by Gasteiger charge is 2.30. The molecule has 0 radical (unpaired) electrons. The summed E-state index contributed by atoms with van der Waals surface area (Å²) < 4.78 is 38.1. The molecule has 0 bridgehead atoms. The van der Waals surface area contributed by atoms with Crippen molar-refractivity contribution in [3.05, 3.63) is 52.2 Å². The molecule has 0 aliphatic carbocycles. The lowest BCUT2D eigenvalue weighted by Crippen LogP contribution is -2.39. The fourth-order valence-electron chi connectivity index (χ4n) is 3.28. The molecule has 0 saturated carbocycles. The second-order valence-electron chi connectivity index (χ2n) is 7.04. The van der Waals surface area contributed by atoms with Crippen LogP contribution < -0.4 is 10.6 Å². The molecule has 1 aromatic carbocycles. The lowest BCUT2D eigenvalue weighted by atomic mass is 9.97. The van der Waals surface area contributed by atoms with Gasteiger partial charge in [-0.05, 0) is 61.5 Å². The predicted molar refractivity (Wildman–Crippen MR) is 105 cm³/mol.